The van der Waals surface area contributed by atoms with Crippen LogP contribution < -0.4 is 15.0 Å². The minimum absolute atomic E-state index is 0.0360. The molecule has 4 heteroatoms. The van der Waals surface area contributed by atoms with E-state index in [1.54, 1.807) is 0 Å². The molecule has 0 aliphatic heterocycles. The second-order valence-electron chi connectivity index (χ2n) is 6.22. The zero-order valence-electron chi connectivity index (χ0n) is 14.8. The third-order valence-corrected chi connectivity index (χ3v) is 3.82. The second kappa shape index (κ2) is 9.08. The maximum Gasteiger partial charge on any atom is 0.258 e. The van der Waals surface area contributed by atoms with E-state index in [-0.39, 0.29) is 12.5 Å². The van der Waals surface area contributed by atoms with Gasteiger partial charge in [0.15, 0.2) is 6.61 Å². The number of hydrogen-bond acceptors (Lipinski definition) is 2. The van der Waals surface area contributed by atoms with Gasteiger partial charge in [-0.05, 0) is 29.7 Å². The predicted octanol–water partition coefficient (Wildman–Crippen LogP) is 1.59. The molecule has 2 rings (SSSR count). The Morgan fingerprint density at radius 1 is 1.08 bits per heavy atom. The van der Waals surface area contributed by atoms with Crippen molar-refractivity contribution in [2.24, 2.45) is 0 Å². The molecule has 24 heavy (non-hydrogen) atoms. The molecule has 0 bridgehead atoms. The summed E-state index contributed by atoms with van der Waals surface area (Å²) in [5, 5.41) is 2.94. The zero-order valence-corrected chi connectivity index (χ0v) is 14.8. The van der Waals surface area contributed by atoms with Crippen LogP contribution in [0.5, 0.6) is 5.75 Å². The molecule has 0 fully saturated rings. The fourth-order valence-corrected chi connectivity index (χ4v) is 2.53. The monoisotopic (exact) mass is 327 g/mol. The molecule has 0 spiro atoms. The number of carbonyl (C=O) groups excluding carboxylic acids is 1. The van der Waals surface area contributed by atoms with E-state index >= 15 is 0 Å². The Labute approximate surface area is 144 Å². The lowest BCUT2D eigenvalue weighted by Crippen LogP contribution is -3.04. The molecule has 1 amide bonds. The summed E-state index contributed by atoms with van der Waals surface area (Å²) in [6, 6.07) is 16.1. The van der Waals surface area contributed by atoms with E-state index in [1.165, 1.54) is 16.0 Å². The minimum Gasteiger partial charge on any atom is -0.484 e. The average Bonchev–Trinajstić information content (AvgIpc) is 2.59. The van der Waals surface area contributed by atoms with Crippen LogP contribution in [-0.4, -0.2) is 26.6 Å². The van der Waals surface area contributed by atoms with Crippen LogP contribution in [0.1, 0.15) is 23.6 Å². The molecule has 2 aromatic carbocycles. The van der Waals surface area contributed by atoms with Crippen LogP contribution in [0.25, 0.3) is 0 Å². The lowest BCUT2D eigenvalue weighted by Gasteiger charge is -2.13. The summed E-state index contributed by atoms with van der Waals surface area (Å²) in [6.07, 6.45) is 0.952. The van der Waals surface area contributed by atoms with Crippen LogP contribution >= 0.6 is 0 Å². The molecule has 0 saturated carbocycles. The standard InChI is InChI=1S/C20H26N2O2/c1-4-16-8-7-11-19(12-16)24-15-20(23)21-13-17-9-5-6-10-18(17)14-22(2)3/h5-12H,4,13-15H2,1-3H3,(H,21,23)/p+1. The van der Waals surface area contributed by atoms with E-state index in [9.17, 15) is 4.79 Å². The first-order valence-electron chi connectivity index (χ1n) is 8.42. The van der Waals surface area contributed by atoms with Gasteiger partial charge in [0, 0.05) is 12.1 Å². The summed E-state index contributed by atoms with van der Waals surface area (Å²) >= 11 is 0. The summed E-state index contributed by atoms with van der Waals surface area (Å²) in [7, 11) is 4.24. The van der Waals surface area contributed by atoms with Gasteiger partial charge in [-0.3, -0.25) is 4.79 Å². The molecule has 0 aliphatic rings. The normalized spacial score (nSPS) is 10.7. The average molecular weight is 327 g/mol. The Kier molecular flexibility index (Phi) is 6.82. The Hall–Kier alpha value is -2.33. The molecule has 0 heterocycles. The topological polar surface area (TPSA) is 42.8 Å². The van der Waals surface area contributed by atoms with Gasteiger partial charge in [-0.15, -0.1) is 0 Å². The Morgan fingerprint density at radius 2 is 1.83 bits per heavy atom. The van der Waals surface area contributed by atoms with Gasteiger partial charge in [-0.25, -0.2) is 0 Å². The van der Waals surface area contributed by atoms with Gasteiger partial charge >= 0.3 is 0 Å². The molecule has 0 aromatic heterocycles. The maximum atomic E-state index is 12.0. The molecule has 0 radical (unpaired) electrons. The summed E-state index contributed by atoms with van der Waals surface area (Å²) in [5.41, 5.74) is 3.61. The fourth-order valence-electron chi connectivity index (χ4n) is 2.53. The van der Waals surface area contributed by atoms with Gasteiger partial charge in [-0.2, -0.15) is 0 Å². The molecular formula is C20H27N2O2+. The van der Waals surface area contributed by atoms with Crippen molar-refractivity contribution in [2.75, 3.05) is 20.7 Å². The van der Waals surface area contributed by atoms with Crippen molar-refractivity contribution in [1.29, 1.82) is 0 Å². The van der Waals surface area contributed by atoms with Crippen LogP contribution in [-0.2, 0) is 24.3 Å². The quantitative estimate of drug-likeness (QED) is 0.773. The number of aryl methyl sites for hydroxylation is 1. The molecule has 0 atom stereocenters. The summed E-state index contributed by atoms with van der Waals surface area (Å²) in [4.78, 5) is 13.4. The van der Waals surface area contributed by atoms with Gasteiger partial charge in [0.2, 0.25) is 0 Å². The number of carbonyl (C=O) groups is 1. The van der Waals surface area contributed by atoms with Crippen molar-refractivity contribution in [3.63, 3.8) is 0 Å². The fraction of sp³-hybridized carbons (Fsp3) is 0.350. The smallest absolute Gasteiger partial charge is 0.258 e. The zero-order chi connectivity index (χ0) is 17.4. The molecule has 0 unspecified atom stereocenters. The SMILES string of the molecule is CCc1cccc(OCC(=O)NCc2ccccc2C[NH+](C)C)c1. The summed E-state index contributed by atoms with van der Waals surface area (Å²) < 4.78 is 5.58. The highest BCUT2D eigenvalue weighted by Gasteiger charge is 2.08. The molecule has 2 N–H and O–H groups in total. The van der Waals surface area contributed by atoms with Crippen LogP contribution in [0.15, 0.2) is 48.5 Å². The van der Waals surface area contributed by atoms with Gasteiger partial charge in [0.1, 0.15) is 12.3 Å². The first-order valence-corrected chi connectivity index (χ1v) is 8.42. The Bertz CT molecular complexity index is 668. The van der Waals surface area contributed by atoms with E-state index in [0.29, 0.717) is 6.54 Å². The van der Waals surface area contributed by atoms with Gasteiger partial charge in [-0.1, -0.05) is 43.3 Å². The van der Waals surface area contributed by atoms with Gasteiger partial charge in [0.05, 0.1) is 14.1 Å². The predicted molar refractivity (Wildman–Crippen MR) is 96.1 cm³/mol. The highest BCUT2D eigenvalue weighted by atomic mass is 16.5. The molecule has 4 nitrogen and oxygen atoms in total. The largest absolute Gasteiger partial charge is 0.484 e. The van der Waals surface area contributed by atoms with E-state index in [2.05, 4.69) is 44.5 Å². The van der Waals surface area contributed by atoms with E-state index in [1.807, 2.05) is 30.3 Å². The number of quaternary nitrogens is 1. The molecule has 0 aliphatic carbocycles. The summed E-state index contributed by atoms with van der Waals surface area (Å²) in [6.45, 7) is 3.60. The Morgan fingerprint density at radius 3 is 2.54 bits per heavy atom. The van der Waals surface area contributed by atoms with Crippen molar-refractivity contribution < 1.29 is 14.4 Å². The van der Waals surface area contributed by atoms with Crippen molar-refractivity contribution >= 4 is 5.91 Å². The van der Waals surface area contributed by atoms with Crippen molar-refractivity contribution in [1.82, 2.24) is 5.32 Å². The van der Waals surface area contributed by atoms with Gasteiger partial charge in [0.25, 0.3) is 5.91 Å². The number of nitrogens with one attached hydrogen (secondary N) is 2. The van der Waals surface area contributed by atoms with Crippen molar-refractivity contribution in [3.05, 3.63) is 65.2 Å². The van der Waals surface area contributed by atoms with Crippen LogP contribution in [0.3, 0.4) is 0 Å². The highest BCUT2D eigenvalue weighted by molar-refractivity contribution is 5.77. The molecule has 2 aromatic rings. The molecule has 128 valence electrons. The van der Waals surface area contributed by atoms with Crippen LogP contribution in [0.4, 0.5) is 0 Å². The minimum atomic E-state index is -0.107. The maximum absolute atomic E-state index is 12.0. The van der Waals surface area contributed by atoms with Crippen LogP contribution in [0.2, 0.25) is 0 Å². The third-order valence-electron chi connectivity index (χ3n) is 3.82. The Balaban J connectivity index is 1.85. The molecular weight excluding hydrogens is 300 g/mol. The van der Waals surface area contributed by atoms with E-state index < -0.39 is 0 Å². The highest BCUT2D eigenvalue weighted by Crippen LogP contribution is 2.13. The van der Waals surface area contributed by atoms with Gasteiger partial charge < -0.3 is 15.0 Å². The third kappa shape index (κ3) is 5.70. The van der Waals surface area contributed by atoms with Crippen molar-refractivity contribution in [3.8, 4) is 5.75 Å². The number of hydrogen-bond donors (Lipinski definition) is 2. The first kappa shape index (κ1) is 18.0. The number of ether oxygens (including phenoxy) is 1. The second-order valence-corrected chi connectivity index (χ2v) is 6.22. The number of amides is 1. The summed E-state index contributed by atoms with van der Waals surface area (Å²) in [5.74, 6) is 0.630. The van der Waals surface area contributed by atoms with E-state index in [4.69, 9.17) is 4.74 Å². The van der Waals surface area contributed by atoms with Crippen molar-refractivity contribution in [2.45, 2.75) is 26.4 Å². The molecule has 0 saturated heterocycles. The number of benzene rings is 2. The number of rotatable bonds is 8. The first-order chi connectivity index (χ1) is 11.6. The lowest BCUT2D eigenvalue weighted by atomic mass is 10.1. The van der Waals surface area contributed by atoms with Crippen LogP contribution in [0, 0.1) is 0 Å². The lowest BCUT2D eigenvalue weighted by molar-refractivity contribution is -0.872. The van der Waals surface area contributed by atoms with E-state index in [0.717, 1.165) is 24.3 Å².